The van der Waals surface area contributed by atoms with Crippen molar-refractivity contribution < 1.29 is 24.4 Å². The number of aryl methyl sites for hydroxylation is 1. The van der Waals surface area contributed by atoms with Crippen molar-refractivity contribution in [2.45, 2.75) is 39.5 Å². The zero-order chi connectivity index (χ0) is 16.9. The third kappa shape index (κ3) is 2.34. The number of hydrogen-bond acceptors (Lipinski definition) is 3. The van der Waals surface area contributed by atoms with Crippen LogP contribution in [0, 0.1) is 18.8 Å². The van der Waals surface area contributed by atoms with Gasteiger partial charge in [-0.15, -0.1) is 0 Å². The molecular weight excluding hydrogens is 296 g/mol. The summed E-state index contributed by atoms with van der Waals surface area (Å²) in [5.74, 6) is -1.98. The number of fused-ring (bicyclic) bond motifs is 1. The van der Waals surface area contributed by atoms with E-state index in [-0.39, 0.29) is 23.6 Å². The van der Waals surface area contributed by atoms with Crippen LogP contribution < -0.4 is 4.57 Å². The lowest BCUT2D eigenvalue weighted by molar-refractivity contribution is -0.689. The largest absolute Gasteiger partial charge is 0.477 e. The minimum absolute atomic E-state index is 0.0819. The number of aromatic nitrogens is 1. The number of aliphatic hydroxyl groups is 1. The summed E-state index contributed by atoms with van der Waals surface area (Å²) in [6.07, 6.45) is 3.06. The number of pyridine rings is 1. The molecule has 0 aliphatic carbocycles. The maximum absolute atomic E-state index is 12.3. The zero-order valence-corrected chi connectivity index (χ0v) is 13.4. The van der Waals surface area contributed by atoms with E-state index < -0.39 is 18.0 Å². The molecule has 3 rings (SSSR count). The lowest BCUT2D eigenvalue weighted by Gasteiger charge is -2.46. The summed E-state index contributed by atoms with van der Waals surface area (Å²) in [6, 6.07) is 3.63. The number of carbonyl (C=O) groups is 2. The SMILES string of the molecule is Cc1ccc[n+](CC2=C(C(=O)O)N3C(=O)[C@H]([C@@H](C)O)[C@H]3[C@H]2C)c1. The quantitative estimate of drug-likeness (QED) is 0.625. The normalized spacial score (nSPS) is 27.7. The second-order valence-electron chi connectivity index (χ2n) is 6.49. The molecule has 122 valence electrons. The van der Waals surface area contributed by atoms with Gasteiger partial charge in [-0.3, -0.25) is 4.79 Å². The molecule has 6 nitrogen and oxygen atoms in total. The fourth-order valence-corrected chi connectivity index (χ4v) is 3.80. The molecule has 0 aromatic carbocycles. The number of amides is 1. The van der Waals surface area contributed by atoms with E-state index in [0.717, 1.165) is 11.1 Å². The van der Waals surface area contributed by atoms with Crippen LogP contribution in [-0.4, -0.2) is 39.1 Å². The van der Waals surface area contributed by atoms with E-state index in [1.807, 2.05) is 42.9 Å². The first-order chi connectivity index (χ1) is 10.8. The molecule has 2 N–H and O–H groups in total. The van der Waals surface area contributed by atoms with Crippen LogP contribution in [0.25, 0.3) is 0 Å². The van der Waals surface area contributed by atoms with E-state index in [9.17, 15) is 19.8 Å². The molecule has 1 aromatic rings. The van der Waals surface area contributed by atoms with Crippen molar-refractivity contribution in [1.82, 2.24) is 4.90 Å². The number of β-lactam (4-membered cyclic amide) rings is 1. The monoisotopic (exact) mass is 317 g/mol. The number of rotatable bonds is 4. The Balaban J connectivity index is 1.98. The van der Waals surface area contributed by atoms with E-state index in [1.54, 1.807) is 6.92 Å². The molecule has 1 aromatic heterocycles. The fraction of sp³-hybridized carbons (Fsp3) is 0.471. The number of aliphatic hydroxyl groups excluding tert-OH is 1. The highest BCUT2D eigenvalue weighted by atomic mass is 16.4. The van der Waals surface area contributed by atoms with E-state index in [2.05, 4.69) is 0 Å². The Bertz CT molecular complexity index is 710. The molecule has 2 aliphatic heterocycles. The average molecular weight is 317 g/mol. The predicted octanol–water partition coefficient (Wildman–Crippen LogP) is 0.479. The Morgan fingerprint density at radius 1 is 1.48 bits per heavy atom. The van der Waals surface area contributed by atoms with Gasteiger partial charge in [-0.05, 0) is 19.9 Å². The van der Waals surface area contributed by atoms with Crippen LogP contribution in [0.5, 0.6) is 0 Å². The van der Waals surface area contributed by atoms with Crippen LogP contribution in [0.15, 0.2) is 35.8 Å². The second-order valence-corrected chi connectivity index (χ2v) is 6.49. The highest BCUT2D eigenvalue weighted by Gasteiger charge is 2.60. The molecule has 1 fully saturated rings. The molecule has 1 saturated heterocycles. The van der Waals surface area contributed by atoms with Gasteiger partial charge in [0.05, 0.1) is 18.1 Å². The van der Waals surface area contributed by atoms with Gasteiger partial charge in [0.15, 0.2) is 18.9 Å². The van der Waals surface area contributed by atoms with Crippen LogP contribution in [0.4, 0.5) is 0 Å². The van der Waals surface area contributed by atoms with Crippen LogP contribution in [0.3, 0.4) is 0 Å². The Labute approximate surface area is 134 Å². The Morgan fingerprint density at radius 2 is 2.17 bits per heavy atom. The van der Waals surface area contributed by atoms with Gasteiger partial charge in [0.2, 0.25) is 5.91 Å². The summed E-state index contributed by atoms with van der Waals surface area (Å²) >= 11 is 0. The first-order valence-electron chi connectivity index (χ1n) is 7.76. The van der Waals surface area contributed by atoms with E-state index >= 15 is 0 Å². The molecule has 1 amide bonds. The lowest BCUT2D eigenvalue weighted by atomic mass is 9.78. The van der Waals surface area contributed by atoms with Gasteiger partial charge < -0.3 is 15.1 Å². The summed E-state index contributed by atoms with van der Waals surface area (Å²) in [7, 11) is 0. The smallest absolute Gasteiger partial charge is 0.352 e. The van der Waals surface area contributed by atoms with Gasteiger partial charge in [-0.25, -0.2) is 9.36 Å². The molecule has 0 saturated carbocycles. The lowest BCUT2D eigenvalue weighted by Crippen LogP contribution is -2.63. The Hall–Kier alpha value is -2.21. The third-order valence-electron chi connectivity index (χ3n) is 4.88. The number of carbonyl (C=O) groups excluding carboxylic acids is 1. The van der Waals surface area contributed by atoms with Gasteiger partial charge in [-0.1, -0.05) is 6.92 Å². The molecule has 0 bridgehead atoms. The van der Waals surface area contributed by atoms with Crippen LogP contribution in [0.2, 0.25) is 0 Å². The van der Waals surface area contributed by atoms with Gasteiger partial charge >= 0.3 is 5.97 Å². The van der Waals surface area contributed by atoms with E-state index in [0.29, 0.717) is 6.54 Å². The number of hydrogen-bond donors (Lipinski definition) is 2. The van der Waals surface area contributed by atoms with Crippen molar-refractivity contribution in [3.63, 3.8) is 0 Å². The van der Waals surface area contributed by atoms with Crippen LogP contribution in [-0.2, 0) is 16.1 Å². The van der Waals surface area contributed by atoms with Crippen LogP contribution in [0.1, 0.15) is 19.4 Å². The van der Waals surface area contributed by atoms with E-state index in [1.165, 1.54) is 4.90 Å². The summed E-state index contributed by atoms with van der Waals surface area (Å²) in [5, 5.41) is 19.4. The average Bonchev–Trinajstić information content (AvgIpc) is 2.69. The molecule has 0 radical (unpaired) electrons. The number of aliphatic carboxylic acids is 1. The minimum Gasteiger partial charge on any atom is -0.477 e. The summed E-state index contributed by atoms with van der Waals surface area (Å²) in [4.78, 5) is 25.3. The summed E-state index contributed by atoms with van der Waals surface area (Å²) in [6.45, 7) is 5.92. The highest BCUT2D eigenvalue weighted by molar-refractivity contribution is 5.99. The first kappa shape index (κ1) is 15.7. The first-order valence-corrected chi connectivity index (χ1v) is 7.76. The van der Waals surface area contributed by atoms with Crippen molar-refractivity contribution in [1.29, 1.82) is 0 Å². The van der Waals surface area contributed by atoms with Crippen molar-refractivity contribution in [2.75, 3.05) is 0 Å². The molecular formula is C17H21N2O4+. The van der Waals surface area contributed by atoms with E-state index in [4.69, 9.17) is 0 Å². The molecule has 6 heteroatoms. The molecule has 0 unspecified atom stereocenters. The van der Waals surface area contributed by atoms with Gasteiger partial charge in [0.25, 0.3) is 0 Å². The van der Waals surface area contributed by atoms with Gasteiger partial charge in [0.1, 0.15) is 5.70 Å². The standard InChI is InChI=1S/C17H20N2O4/c1-9-5-4-6-18(7-9)8-12-10(2)14-13(11(3)20)16(21)19(14)15(12)17(22)23/h4-7,10-11,13-14,20H,8H2,1-3H3/p+1/t10-,11+,13+,14+/m0/s1. The Morgan fingerprint density at radius 3 is 2.74 bits per heavy atom. The highest BCUT2D eigenvalue weighted by Crippen LogP contribution is 2.47. The maximum atomic E-state index is 12.3. The molecule has 0 spiro atoms. The topological polar surface area (TPSA) is 81.7 Å². The zero-order valence-electron chi connectivity index (χ0n) is 13.4. The summed E-state index contributed by atoms with van der Waals surface area (Å²) < 4.78 is 1.93. The van der Waals surface area contributed by atoms with Gasteiger partial charge in [0, 0.05) is 23.1 Å². The number of nitrogens with zero attached hydrogens (tertiary/aromatic N) is 2. The number of carboxylic acids is 1. The second kappa shape index (κ2) is 5.45. The molecule has 23 heavy (non-hydrogen) atoms. The van der Waals surface area contributed by atoms with Crippen molar-refractivity contribution in [2.24, 2.45) is 11.8 Å². The van der Waals surface area contributed by atoms with Crippen LogP contribution >= 0.6 is 0 Å². The third-order valence-corrected chi connectivity index (χ3v) is 4.88. The Kier molecular flexibility index (Phi) is 3.72. The van der Waals surface area contributed by atoms with Gasteiger partial charge in [-0.2, -0.15) is 0 Å². The molecule has 2 aliphatic rings. The minimum atomic E-state index is -1.08. The fourth-order valence-electron chi connectivity index (χ4n) is 3.80. The van der Waals surface area contributed by atoms with Crippen molar-refractivity contribution in [3.8, 4) is 0 Å². The summed E-state index contributed by atoms with van der Waals surface area (Å²) in [5.41, 5.74) is 1.89. The maximum Gasteiger partial charge on any atom is 0.352 e. The molecule has 4 atom stereocenters. The van der Waals surface area contributed by atoms with Crippen molar-refractivity contribution >= 4 is 11.9 Å². The van der Waals surface area contributed by atoms with Crippen molar-refractivity contribution in [3.05, 3.63) is 41.4 Å². The number of carboxylic acid groups (broad SMARTS) is 1. The predicted molar refractivity (Wildman–Crippen MR) is 81.0 cm³/mol. The molecule has 3 heterocycles.